The lowest BCUT2D eigenvalue weighted by molar-refractivity contribution is 0.175. The summed E-state index contributed by atoms with van der Waals surface area (Å²) < 4.78 is -0.0919. The molecule has 1 saturated heterocycles. The summed E-state index contributed by atoms with van der Waals surface area (Å²) in [5, 5.41) is 9.08. The van der Waals surface area contributed by atoms with Gasteiger partial charge in [-0.25, -0.2) is 0 Å². The Kier molecular flexibility index (Phi) is 3.63. The largest absolute Gasteiger partial charge is 0.301 e. The van der Waals surface area contributed by atoms with E-state index in [2.05, 4.69) is 24.8 Å². The van der Waals surface area contributed by atoms with Crippen molar-refractivity contribution in [1.82, 2.24) is 4.90 Å². The van der Waals surface area contributed by atoms with Crippen molar-refractivity contribution in [3.63, 3.8) is 0 Å². The van der Waals surface area contributed by atoms with Gasteiger partial charge in [0.05, 0.1) is 6.07 Å². The maximum atomic E-state index is 9.08. The lowest BCUT2D eigenvalue weighted by Gasteiger charge is -2.38. The summed E-state index contributed by atoms with van der Waals surface area (Å²) in [6.07, 6.45) is 4.08. The molecule has 0 aromatic heterocycles. The van der Waals surface area contributed by atoms with Gasteiger partial charge in [-0.3, -0.25) is 0 Å². The Labute approximate surface area is 85.3 Å². The molecular weight excluding hydrogens is 180 g/mol. The van der Waals surface area contributed by atoms with Crippen LogP contribution in [0.4, 0.5) is 0 Å². The van der Waals surface area contributed by atoms with Crippen molar-refractivity contribution in [3.05, 3.63) is 0 Å². The molecule has 2 nitrogen and oxygen atoms in total. The molecule has 0 aliphatic carbocycles. The highest BCUT2D eigenvalue weighted by atomic mass is 32.2. The Hall–Kier alpha value is -0.200. The van der Waals surface area contributed by atoms with E-state index in [4.69, 9.17) is 5.26 Å². The van der Waals surface area contributed by atoms with Gasteiger partial charge in [0, 0.05) is 19.1 Å². The van der Waals surface area contributed by atoms with Gasteiger partial charge in [0.2, 0.25) is 0 Å². The summed E-state index contributed by atoms with van der Waals surface area (Å²) >= 11 is 1.72. The topological polar surface area (TPSA) is 27.0 Å². The van der Waals surface area contributed by atoms with Crippen LogP contribution < -0.4 is 0 Å². The molecular formula is C10H18N2S. The molecule has 74 valence electrons. The van der Waals surface area contributed by atoms with Gasteiger partial charge in [-0.05, 0) is 32.9 Å². The second-order valence-electron chi connectivity index (χ2n) is 3.94. The first-order valence-electron chi connectivity index (χ1n) is 4.84. The van der Waals surface area contributed by atoms with Gasteiger partial charge >= 0.3 is 0 Å². The van der Waals surface area contributed by atoms with Gasteiger partial charge in [-0.2, -0.15) is 5.26 Å². The predicted molar refractivity (Wildman–Crippen MR) is 57.8 cm³/mol. The maximum absolute atomic E-state index is 9.08. The maximum Gasteiger partial charge on any atom is 0.104 e. The van der Waals surface area contributed by atoms with Crippen LogP contribution in [0, 0.1) is 11.3 Å². The summed E-state index contributed by atoms with van der Waals surface area (Å²) in [5.74, 6) is 0. The first-order chi connectivity index (χ1) is 6.13. The molecule has 1 heterocycles. The molecule has 1 rings (SSSR count). The van der Waals surface area contributed by atoms with Crippen molar-refractivity contribution >= 4 is 11.8 Å². The minimum absolute atomic E-state index is 0.0919. The van der Waals surface area contributed by atoms with Crippen LogP contribution in [-0.2, 0) is 0 Å². The average Bonchev–Trinajstić information content (AvgIpc) is 2.18. The van der Waals surface area contributed by atoms with Gasteiger partial charge in [0.15, 0.2) is 0 Å². The quantitative estimate of drug-likeness (QED) is 0.680. The number of rotatable bonds is 2. The lowest BCUT2D eigenvalue weighted by Crippen LogP contribution is -2.44. The molecule has 0 bridgehead atoms. The van der Waals surface area contributed by atoms with Crippen molar-refractivity contribution in [1.29, 1.82) is 5.26 Å². The fourth-order valence-electron chi connectivity index (χ4n) is 1.76. The van der Waals surface area contributed by atoms with E-state index in [1.807, 2.05) is 6.26 Å². The van der Waals surface area contributed by atoms with Gasteiger partial charge in [-0.1, -0.05) is 0 Å². The third-order valence-electron chi connectivity index (χ3n) is 2.93. The molecule has 1 fully saturated rings. The van der Waals surface area contributed by atoms with Crippen LogP contribution in [0.25, 0.3) is 0 Å². The zero-order chi connectivity index (χ0) is 9.90. The fraction of sp³-hybridized carbons (Fsp3) is 0.900. The molecule has 0 atom stereocenters. The number of hydrogen-bond acceptors (Lipinski definition) is 3. The molecule has 3 heteroatoms. The van der Waals surface area contributed by atoms with Gasteiger partial charge in [0.1, 0.15) is 4.75 Å². The van der Waals surface area contributed by atoms with Crippen LogP contribution in [0.1, 0.15) is 26.7 Å². The van der Waals surface area contributed by atoms with Crippen molar-refractivity contribution in [2.24, 2.45) is 0 Å². The summed E-state index contributed by atoms with van der Waals surface area (Å²) in [5.41, 5.74) is 0. The van der Waals surface area contributed by atoms with Crippen LogP contribution in [-0.4, -0.2) is 35.0 Å². The number of nitriles is 1. The van der Waals surface area contributed by atoms with E-state index in [-0.39, 0.29) is 4.75 Å². The number of thioether (sulfide) groups is 1. The molecule has 0 N–H and O–H groups in total. The average molecular weight is 198 g/mol. The Bertz CT molecular complexity index is 199. The summed E-state index contributed by atoms with van der Waals surface area (Å²) in [7, 11) is 0. The smallest absolute Gasteiger partial charge is 0.104 e. The fourth-order valence-corrected chi connectivity index (χ4v) is 2.45. The second kappa shape index (κ2) is 4.34. The summed E-state index contributed by atoms with van der Waals surface area (Å²) in [4.78, 5) is 2.45. The van der Waals surface area contributed by atoms with Crippen LogP contribution in [0.15, 0.2) is 0 Å². The first-order valence-corrected chi connectivity index (χ1v) is 6.06. The first kappa shape index (κ1) is 10.9. The standard InChI is InChI=1S/C10H18N2S/c1-9(2)12-6-4-10(8-11,13-3)5-7-12/h9H,4-7H2,1-3H3. The predicted octanol–water partition coefficient (Wildman–Crippen LogP) is 2.12. The van der Waals surface area contributed by atoms with Crippen molar-refractivity contribution in [2.45, 2.75) is 37.5 Å². The van der Waals surface area contributed by atoms with Crippen LogP contribution in [0.3, 0.4) is 0 Å². The number of piperidine rings is 1. The number of likely N-dealkylation sites (tertiary alicyclic amines) is 1. The number of hydrogen-bond donors (Lipinski definition) is 0. The highest BCUT2D eigenvalue weighted by Gasteiger charge is 2.34. The highest BCUT2D eigenvalue weighted by molar-refractivity contribution is 8.00. The summed E-state index contributed by atoms with van der Waals surface area (Å²) in [6.45, 7) is 6.59. The van der Waals surface area contributed by atoms with E-state index >= 15 is 0 Å². The molecule has 0 aromatic carbocycles. The highest BCUT2D eigenvalue weighted by Crippen LogP contribution is 2.34. The molecule has 0 spiro atoms. The molecule has 0 unspecified atom stereocenters. The van der Waals surface area contributed by atoms with Gasteiger partial charge in [-0.15, -0.1) is 11.8 Å². The minimum Gasteiger partial charge on any atom is -0.301 e. The third kappa shape index (κ3) is 2.38. The van der Waals surface area contributed by atoms with Crippen molar-refractivity contribution in [3.8, 4) is 6.07 Å². The molecule has 0 radical (unpaired) electrons. The molecule has 1 aliphatic heterocycles. The molecule has 13 heavy (non-hydrogen) atoms. The number of nitrogens with zero attached hydrogens (tertiary/aromatic N) is 2. The van der Waals surface area contributed by atoms with E-state index in [0.717, 1.165) is 25.9 Å². The summed E-state index contributed by atoms with van der Waals surface area (Å²) in [6, 6.07) is 3.09. The van der Waals surface area contributed by atoms with E-state index in [1.54, 1.807) is 11.8 Å². The zero-order valence-electron chi connectivity index (χ0n) is 8.71. The van der Waals surface area contributed by atoms with E-state index in [1.165, 1.54) is 0 Å². The monoisotopic (exact) mass is 198 g/mol. The molecule has 1 aliphatic rings. The second-order valence-corrected chi connectivity index (χ2v) is 5.13. The van der Waals surface area contributed by atoms with E-state index < -0.39 is 0 Å². The molecule has 0 saturated carbocycles. The Balaban J connectivity index is 2.51. The normalized spacial score (nSPS) is 23.0. The Morgan fingerprint density at radius 3 is 2.23 bits per heavy atom. The lowest BCUT2D eigenvalue weighted by atomic mass is 9.96. The van der Waals surface area contributed by atoms with E-state index in [9.17, 15) is 0 Å². The van der Waals surface area contributed by atoms with Crippen molar-refractivity contribution < 1.29 is 0 Å². The van der Waals surface area contributed by atoms with Crippen LogP contribution in [0.2, 0.25) is 0 Å². The van der Waals surface area contributed by atoms with Crippen molar-refractivity contribution in [2.75, 3.05) is 19.3 Å². The third-order valence-corrected chi connectivity index (χ3v) is 4.21. The molecule has 0 aromatic rings. The van der Waals surface area contributed by atoms with Gasteiger partial charge < -0.3 is 4.90 Å². The Morgan fingerprint density at radius 1 is 1.38 bits per heavy atom. The SMILES string of the molecule is CSC1(C#N)CCN(C(C)C)CC1. The van der Waals surface area contributed by atoms with E-state index in [0.29, 0.717) is 6.04 Å². The van der Waals surface area contributed by atoms with Gasteiger partial charge in [0.25, 0.3) is 0 Å². The Morgan fingerprint density at radius 2 is 1.92 bits per heavy atom. The van der Waals surface area contributed by atoms with Crippen LogP contribution >= 0.6 is 11.8 Å². The molecule has 0 amide bonds. The van der Waals surface area contributed by atoms with Crippen LogP contribution in [0.5, 0.6) is 0 Å². The minimum atomic E-state index is -0.0919. The zero-order valence-corrected chi connectivity index (χ0v) is 9.52.